The normalized spacial score (nSPS) is 13.4. The maximum atomic E-state index is 7.10. The fourth-order valence-electron chi connectivity index (χ4n) is 20.6. The summed E-state index contributed by atoms with van der Waals surface area (Å²) < 4.78 is 16.8. The molecule has 3 aromatic heterocycles. The molecule has 2 aliphatic rings. The molecule has 0 unspecified atom stereocenters. The molecule has 5 nitrogen and oxygen atoms in total. The van der Waals surface area contributed by atoms with Gasteiger partial charge in [0.1, 0.15) is 22.3 Å². The van der Waals surface area contributed by atoms with Crippen LogP contribution in [-0.4, -0.2) is 11.3 Å². The second-order valence-corrected chi connectivity index (χ2v) is 44.2. The van der Waals surface area contributed by atoms with Crippen molar-refractivity contribution < 1.29 is 8.83 Å². The van der Waals surface area contributed by atoms with Gasteiger partial charge in [-0.3, -0.25) is 0 Å². The average molecular weight is 1690 g/mol. The first-order valence-corrected chi connectivity index (χ1v) is 46.7. The van der Waals surface area contributed by atoms with E-state index in [1.807, 2.05) is 0 Å². The van der Waals surface area contributed by atoms with E-state index >= 15 is 0 Å². The largest absolute Gasteiger partial charge is 0.456 e. The van der Waals surface area contributed by atoms with Crippen LogP contribution in [0.15, 0.2) is 330 Å². The third-order valence-corrected chi connectivity index (χ3v) is 28.0. The number of rotatable bonds is 10. The Kier molecular flexibility index (Phi) is 19.3. The van der Waals surface area contributed by atoms with Crippen molar-refractivity contribution in [3.8, 4) is 83.6 Å². The Balaban J connectivity index is 0.997. The summed E-state index contributed by atoms with van der Waals surface area (Å²) in [6.07, 6.45) is 0. The fraction of sp³-hybridized carbons (Fsp3) is 0.226. The second-order valence-electron chi connectivity index (χ2n) is 44.2. The van der Waals surface area contributed by atoms with E-state index in [0.717, 1.165) is 161 Å². The van der Waals surface area contributed by atoms with Gasteiger partial charge in [0.05, 0.1) is 22.4 Å². The lowest BCUT2D eigenvalue weighted by molar-refractivity contribution is 0.569. The van der Waals surface area contributed by atoms with Crippen molar-refractivity contribution in [2.45, 2.75) is 183 Å². The molecular weight excluding hydrogens is 1570 g/mol. The Morgan fingerprint density at radius 1 is 0.215 bits per heavy atom. The Labute approximate surface area is 768 Å². The number of furan rings is 2. The van der Waals surface area contributed by atoms with Crippen molar-refractivity contribution in [3.63, 3.8) is 0 Å². The third-order valence-electron chi connectivity index (χ3n) is 28.0. The standard InChI is InChI=1S/C124H116BN3O2/c1-118(2,3)83-52-57-103-97(68-83)98-69-84(119(4,5)6)53-58-104(98)126(103)90-54-55-101-106(74-90)128(116-95(76-39-27-23-28-40-76)70-88(123(16,17)18)71-96(116)77-41-29-24-30-42-77)108-66-82(81-62-86(121(10,11)12)67-87(63-81)122(13,14)15)65-107-115(108)125(101)102-64-78(80-59-79(75-37-25-22-26-38-75)60-85(61-80)120(7,8)9)51-56-105(102)127(107)117-99(91-45-35-49-111-113(91)93-43-31-33-47-109(93)129-111)72-89(124(19,20)21)73-100(117)92-46-36-50-112-114(92)94-44-32-34-48-110(94)130-112/h22-74H,1-21H3. The van der Waals surface area contributed by atoms with Crippen LogP contribution in [-0.2, 0) is 37.9 Å². The minimum Gasteiger partial charge on any atom is -0.456 e. The molecule has 0 aliphatic carbocycles. The van der Waals surface area contributed by atoms with Gasteiger partial charge in [0.25, 0.3) is 6.71 Å². The zero-order valence-electron chi connectivity index (χ0n) is 79.3. The molecule has 0 spiro atoms. The second kappa shape index (κ2) is 30.1. The van der Waals surface area contributed by atoms with E-state index in [0.29, 0.717) is 0 Å². The molecule has 0 bridgehead atoms. The van der Waals surface area contributed by atoms with Gasteiger partial charge in [0.2, 0.25) is 0 Å². The van der Waals surface area contributed by atoms with Crippen LogP contribution < -0.4 is 26.2 Å². The van der Waals surface area contributed by atoms with E-state index in [1.165, 1.54) is 77.2 Å². The molecule has 0 radical (unpaired) electrons. The third kappa shape index (κ3) is 14.2. The van der Waals surface area contributed by atoms with Gasteiger partial charge in [-0.25, -0.2) is 0 Å². The number of hydrogen-bond acceptors (Lipinski definition) is 4. The molecule has 0 saturated heterocycles. The lowest BCUT2D eigenvalue weighted by atomic mass is 9.33. The summed E-state index contributed by atoms with van der Waals surface area (Å²) in [7, 11) is 0. The molecule has 19 aromatic rings. The molecule has 130 heavy (non-hydrogen) atoms. The quantitative estimate of drug-likeness (QED) is 0.128. The number of fused-ring (bicyclic) bond motifs is 13. The molecule has 0 atom stereocenters. The van der Waals surface area contributed by atoms with Crippen molar-refractivity contribution >= 4 is 123 Å². The molecule has 16 aromatic carbocycles. The van der Waals surface area contributed by atoms with E-state index < -0.39 is 6.71 Å². The maximum absolute atomic E-state index is 7.10. The lowest BCUT2D eigenvalue weighted by Gasteiger charge is -2.46. The highest BCUT2D eigenvalue weighted by atomic mass is 16.3. The first kappa shape index (κ1) is 83.5. The van der Waals surface area contributed by atoms with Crippen molar-refractivity contribution in [3.05, 3.63) is 360 Å². The van der Waals surface area contributed by atoms with Crippen molar-refractivity contribution in [1.29, 1.82) is 0 Å². The molecule has 0 fully saturated rings. The van der Waals surface area contributed by atoms with Gasteiger partial charge in [-0.1, -0.05) is 358 Å². The molecule has 2 aliphatic heterocycles. The van der Waals surface area contributed by atoms with Gasteiger partial charge >= 0.3 is 0 Å². The highest BCUT2D eigenvalue weighted by Crippen LogP contribution is 2.58. The van der Waals surface area contributed by atoms with Gasteiger partial charge in [-0.15, -0.1) is 0 Å². The molecule has 642 valence electrons. The first-order chi connectivity index (χ1) is 61.9. The van der Waals surface area contributed by atoms with Crippen molar-refractivity contribution in [1.82, 2.24) is 4.57 Å². The van der Waals surface area contributed by atoms with Gasteiger partial charge in [0.15, 0.2) is 0 Å². The fourth-order valence-corrected chi connectivity index (χ4v) is 20.6. The van der Waals surface area contributed by atoms with Crippen LogP contribution >= 0.6 is 0 Å². The van der Waals surface area contributed by atoms with Gasteiger partial charge in [-0.2, -0.15) is 0 Å². The Bertz CT molecular complexity index is 7510. The van der Waals surface area contributed by atoms with Crippen LogP contribution in [0.25, 0.3) is 149 Å². The molecule has 0 N–H and O–H groups in total. The van der Waals surface area contributed by atoms with E-state index in [4.69, 9.17) is 8.83 Å². The lowest BCUT2D eigenvalue weighted by Crippen LogP contribution is -2.61. The predicted octanol–water partition coefficient (Wildman–Crippen LogP) is 33.4. The predicted molar refractivity (Wildman–Crippen MR) is 558 cm³/mol. The molecule has 5 heterocycles. The number of hydrogen-bond donors (Lipinski definition) is 0. The molecule has 21 rings (SSSR count). The monoisotopic (exact) mass is 1690 g/mol. The van der Waals surface area contributed by atoms with Crippen LogP contribution in [0.5, 0.6) is 0 Å². The van der Waals surface area contributed by atoms with Gasteiger partial charge in [-0.05, 0) is 258 Å². The summed E-state index contributed by atoms with van der Waals surface area (Å²) in [6.45, 7) is 49.3. The molecule has 0 saturated carbocycles. The zero-order valence-corrected chi connectivity index (χ0v) is 79.3. The smallest absolute Gasteiger partial charge is 0.252 e. The topological polar surface area (TPSA) is 37.7 Å². The van der Waals surface area contributed by atoms with Gasteiger partial charge < -0.3 is 23.2 Å². The van der Waals surface area contributed by atoms with E-state index in [9.17, 15) is 0 Å². The SMILES string of the molecule is CC(C)(C)c1cc(-c2ccccc2)cc(-c2ccc3c(c2)B2c4ccc(-n5c6ccc(C(C)(C)C)cc6c6cc(C(C)(C)C)ccc65)cc4N(c4c(-c5ccccc5)cc(C(C)(C)C)cc4-c4ccccc4)c4cc(-c5cc(C(C)(C)C)cc(C(C)(C)C)c5)cc(c42)N3c2c(-c3cccc4oc5ccccc5c34)cc(C(C)(C)C)cc2-c2cccc3oc4ccccc4c23)c1. The Morgan fingerprint density at radius 3 is 1.05 bits per heavy atom. The van der Waals surface area contributed by atoms with Crippen LogP contribution in [0.3, 0.4) is 0 Å². The van der Waals surface area contributed by atoms with E-state index in [2.05, 4.69) is 481 Å². The summed E-state index contributed by atoms with van der Waals surface area (Å²) >= 11 is 0. The van der Waals surface area contributed by atoms with Crippen LogP contribution in [0.4, 0.5) is 34.1 Å². The molecule has 6 heteroatoms. The van der Waals surface area contributed by atoms with E-state index in [1.54, 1.807) is 0 Å². The number of benzene rings is 16. The first-order valence-electron chi connectivity index (χ1n) is 46.7. The number of para-hydroxylation sites is 2. The van der Waals surface area contributed by atoms with Crippen molar-refractivity contribution in [2.75, 3.05) is 9.80 Å². The van der Waals surface area contributed by atoms with E-state index in [-0.39, 0.29) is 37.9 Å². The maximum Gasteiger partial charge on any atom is 0.252 e. The van der Waals surface area contributed by atoms with Crippen LogP contribution in [0.2, 0.25) is 0 Å². The zero-order chi connectivity index (χ0) is 90.5. The molecule has 0 amide bonds. The Hall–Kier alpha value is -13.4. The Morgan fingerprint density at radius 2 is 0.592 bits per heavy atom. The highest BCUT2D eigenvalue weighted by Gasteiger charge is 2.47. The van der Waals surface area contributed by atoms with Crippen molar-refractivity contribution in [2.24, 2.45) is 0 Å². The summed E-state index contributed by atoms with van der Waals surface area (Å²) in [4.78, 5) is 5.55. The number of aromatic nitrogens is 1. The number of nitrogens with zero attached hydrogens (tertiary/aromatic N) is 3. The summed E-state index contributed by atoms with van der Waals surface area (Å²) in [5, 5.41) is 6.74. The highest BCUT2D eigenvalue weighted by molar-refractivity contribution is 7.00. The van der Waals surface area contributed by atoms with Gasteiger partial charge in [0, 0.05) is 83.0 Å². The summed E-state index contributed by atoms with van der Waals surface area (Å²) in [6, 6.07) is 124. The molecular formula is C124H116BN3O2. The average Bonchev–Trinajstić information content (AvgIpc) is 0.720. The van der Waals surface area contributed by atoms with Crippen LogP contribution in [0.1, 0.15) is 184 Å². The minimum absolute atomic E-state index is 0.102. The van der Waals surface area contributed by atoms with Crippen LogP contribution in [0, 0.1) is 0 Å². The summed E-state index contributed by atoms with van der Waals surface area (Å²) in [5.74, 6) is 0. The minimum atomic E-state index is -0.393. The summed E-state index contributed by atoms with van der Waals surface area (Å²) in [5.41, 5.74) is 40.0. The number of anilines is 6.